The Kier molecular flexibility index (Phi) is 3.85. The molecule has 2 aromatic rings. The van der Waals surface area contributed by atoms with Crippen molar-refractivity contribution in [3.05, 3.63) is 59.2 Å². The van der Waals surface area contributed by atoms with Crippen LogP contribution < -0.4 is 10.1 Å². The van der Waals surface area contributed by atoms with Crippen LogP contribution in [0.2, 0.25) is 0 Å². The summed E-state index contributed by atoms with van der Waals surface area (Å²) < 4.78 is 5.20. The predicted octanol–water partition coefficient (Wildman–Crippen LogP) is 3.56. The fourth-order valence-electron chi connectivity index (χ4n) is 2.02. The van der Waals surface area contributed by atoms with E-state index < -0.39 is 0 Å². The Labute approximate surface area is 113 Å². The standard InChI is InChI=1S/C16H17NO2/c1-11-7-6-8-12(2)15(11)17-16(18)13-9-4-5-10-14(13)19-3/h4-10H,1-3H3,(H,17,18). The van der Waals surface area contributed by atoms with Gasteiger partial charge in [0.15, 0.2) is 0 Å². The van der Waals surface area contributed by atoms with E-state index in [-0.39, 0.29) is 5.91 Å². The highest BCUT2D eigenvalue weighted by atomic mass is 16.5. The summed E-state index contributed by atoms with van der Waals surface area (Å²) in [5.41, 5.74) is 3.48. The average Bonchev–Trinajstić information content (AvgIpc) is 2.42. The van der Waals surface area contributed by atoms with Gasteiger partial charge in [-0.25, -0.2) is 0 Å². The van der Waals surface area contributed by atoms with Gasteiger partial charge in [-0.05, 0) is 37.1 Å². The van der Waals surface area contributed by atoms with Gasteiger partial charge in [0, 0.05) is 5.69 Å². The number of aryl methyl sites for hydroxylation is 2. The number of para-hydroxylation sites is 2. The van der Waals surface area contributed by atoms with Crippen LogP contribution in [0, 0.1) is 13.8 Å². The maximum atomic E-state index is 12.3. The maximum absolute atomic E-state index is 12.3. The third-order valence-corrected chi connectivity index (χ3v) is 3.07. The molecular weight excluding hydrogens is 238 g/mol. The second-order valence-electron chi connectivity index (χ2n) is 4.42. The zero-order valence-electron chi connectivity index (χ0n) is 11.4. The van der Waals surface area contributed by atoms with Gasteiger partial charge in [0.2, 0.25) is 0 Å². The molecule has 0 aliphatic rings. The second kappa shape index (κ2) is 5.57. The Morgan fingerprint density at radius 2 is 1.63 bits per heavy atom. The van der Waals surface area contributed by atoms with Crippen molar-refractivity contribution in [2.75, 3.05) is 12.4 Å². The van der Waals surface area contributed by atoms with Crippen molar-refractivity contribution in [2.24, 2.45) is 0 Å². The van der Waals surface area contributed by atoms with Gasteiger partial charge < -0.3 is 10.1 Å². The first kappa shape index (κ1) is 13.1. The van der Waals surface area contributed by atoms with E-state index in [1.165, 1.54) is 0 Å². The molecule has 1 N–H and O–H groups in total. The number of methoxy groups -OCH3 is 1. The quantitative estimate of drug-likeness (QED) is 0.910. The lowest BCUT2D eigenvalue weighted by Crippen LogP contribution is -2.14. The highest BCUT2D eigenvalue weighted by Crippen LogP contribution is 2.23. The number of rotatable bonds is 3. The van der Waals surface area contributed by atoms with E-state index in [0.717, 1.165) is 16.8 Å². The molecule has 0 bridgehead atoms. The molecule has 1 amide bonds. The summed E-state index contributed by atoms with van der Waals surface area (Å²) in [6.45, 7) is 3.95. The molecule has 0 fully saturated rings. The highest BCUT2D eigenvalue weighted by Gasteiger charge is 2.13. The smallest absolute Gasteiger partial charge is 0.259 e. The Bertz CT molecular complexity index is 585. The summed E-state index contributed by atoms with van der Waals surface area (Å²) in [5, 5.41) is 2.95. The van der Waals surface area contributed by atoms with Gasteiger partial charge in [-0.1, -0.05) is 30.3 Å². The number of carbonyl (C=O) groups excluding carboxylic acids is 1. The average molecular weight is 255 g/mol. The molecule has 2 rings (SSSR count). The zero-order valence-corrected chi connectivity index (χ0v) is 11.4. The highest BCUT2D eigenvalue weighted by molar-refractivity contribution is 6.06. The van der Waals surface area contributed by atoms with Crippen molar-refractivity contribution in [1.82, 2.24) is 0 Å². The molecule has 0 saturated heterocycles. The largest absolute Gasteiger partial charge is 0.496 e. The fraction of sp³-hybridized carbons (Fsp3) is 0.188. The summed E-state index contributed by atoms with van der Waals surface area (Å²) in [7, 11) is 1.56. The number of carbonyl (C=O) groups is 1. The third kappa shape index (κ3) is 2.76. The van der Waals surface area contributed by atoms with E-state index in [1.807, 2.05) is 44.2 Å². The van der Waals surface area contributed by atoms with Gasteiger partial charge in [0.25, 0.3) is 5.91 Å². The van der Waals surface area contributed by atoms with Gasteiger partial charge in [0.1, 0.15) is 5.75 Å². The molecule has 3 nitrogen and oxygen atoms in total. The number of hydrogen-bond acceptors (Lipinski definition) is 2. The van der Waals surface area contributed by atoms with Crippen molar-refractivity contribution >= 4 is 11.6 Å². The normalized spacial score (nSPS) is 10.1. The van der Waals surface area contributed by atoms with E-state index in [1.54, 1.807) is 19.2 Å². The Hall–Kier alpha value is -2.29. The molecule has 0 heterocycles. The van der Waals surface area contributed by atoms with Gasteiger partial charge in [-0.2, -0.15) is 0 Å². The number of ether oxygens (including phenoxy) is 1. The molecule has 0 spiro atoms. The monoisotopic (exact) mass is 255 g/mol. The van der Waals surface area contributed by atoms with Crippen LogP contribution in [-0.2, 0) is 0 Å². The topological polar surface area (TPSA) is 38.3 Å². The van der Waals surface area contributed by atoms with Gasteiger partial charge in [-0.3, -0.25) is 4.79 Å². The van der Waals surface area contributed by atoms with Gasteiger partial charge >= 0.3 is 0 Å². The maximum Gasteiger partial charge on any atom is 0.259 e. The molecule has 2 aromatic carbocycles. The zero-order chi connectivity index (χ0) is 13.8. The van der Waals surface area contributed by atoms with Crippen LogP contribution >= 0.6 is 0 Å². The molecule has 0 aliphatic heterocycles. The lowest BCUT2D eigenvalue weighted by atomic mass is 10.1. The predicted molar refractivity (Wildman–Crippen MR) is 76.9 cm³/mol. The number of benzene rings is 2. The first-order chi connectivity index (χ1) is 9.13. The Morgan fingerprint density at radius 1 is 1.00 bits per heavy atom. The van der Waals surface area contributed by atoms with Crippen LogP contribution in [0.15, 0.2) is 42.5 Å². The van der Waals surface area contributed by atoms with Crippen LogP contribution in [0.4, 0.5) is 5.69 Å². The fourth-order valence-corrected chi connectivity index (χ4v) is 2.02. The summed E-state index contributed by atoms with van der Waals surface area (Å²) in [4.78, 5) is 12.3. The first-order valence-electron chi connectivity index (χ1n) is 6.14. The number of hydrogen-bond donors (Lipinski definition) is 1. The van der Waals surface area contributed by atoms with E-state index in [0.29, 0.717) is 11.3 Å². The number of anilines is 1. The summed E-state index contributed by atoms with van der Waals surface area (Å²) in [6.07, 6.45) is 0. The molecule has 19 heavy (non-hydrogen) atoms. The Morgan fingerprint density at radius 3 is 2.26 bits per heavy atom. The van der Waals surface area contributed by atoms with Crippen LogP contribution in [0.3, 0.4) is 0 Å². The lowest BCUT2D eigenvalue weighted by Gasteiger charge is -2.13. The molecule has 0 aliphatic carbocycles. The molecule has 98 valence electrons. The SMILES string of the molecule is COc1ccccc1C(=O)Nc1c(C)cccc1C. The Balaban J connectivity index is 2.31. The molecule has 0 unspecified atom stereocenters. The minimum atomic E-state index is -0.158. The van der Waals surface area contributed by atoms with Gasteiger partial charge in [-0.15, -0.1) is 0 Å². The third-order valence-electron chi connectivity index (χ3n) is 3.07. The van der Waals surface area contributed by atoms with Crippen LogP contribution in [-0.4, -0.2) is 13.0 Å². The lowest BCUT2D eigenvalue weighted by molar-refractivity contribution is 0.102. The van der Waals surface area contributed by atoms with E-state index in [4.69, 9.17) is 4.74 Å². The van der Waals surface area contributed by atoms with Gasteiger partial charge in [0.05, 0.1) is 12.7 Å². The molecule has 0 radical (unpaired) electrons. The minimum Gasteiger partial charge on any atom is -0.496 e. The molecular formula is C16H17NO2. The van der Waals surface area contributed by atoms with Crippen LogP contribution in [0.1, 0.15) is 21.5 Å². The molecule has 0 atom stereocenters. The van der Waals surface area contributed by atoms with Crippen molar-refractivity contribution < 1.29 is 9.53 Å². The van der Waals surface area contributed by atoms with Crippen molar-refractivity contribution in [3.8, 4) is 5.75 Å². The van der Waals surface area contributed by atoms with Crippen LogP contribution in [0.5, 0.6) is 5.75 Å². The number of nitrogens with one attached hydrogen (secondary N) is 1. The minimum absolute atomic E-state index is 0.158. The van der Waals surface area contributed by atoms with Crippen molar-refractivity contribution in [1.29, 1.82) is 0 Å². The van der Waals surface area contributed by atoms with Crippen LogP contribution in [0.25, 0.3) is 0 Å². The van der Waals surface area contributed by atoms with Crippen molar-refractivity contribution in [3.63, 3.8) is 0 Å². The van der Waals surface area contributed by atoms with E-state index in [2.05, 4.69) is 5.32 Å². The van der Waals surface area contributed by atoms with E-state index >= 15 is 0 Å². The summed E-state index contributed by atoms with van der Waals surface area (Å²) in [6, 6.07) is 13.1. The second-order valence-corrected chi connectivity index (χ2v) is 4.42. The molecule has 0 saturated carbocycles. The summed E-state index contributed by atoms with van der Waals surface area (Å²) in [5.74, 6) is 0.418. The number of amides is 1. The van der Waals surface area contributed by atoms with E-state index in [9.17, 15) is 4.79 Å². The first-order valence-corrected chi connectivity index (χ1v) is 6.14. The molecule has 0 aromatic heterocycles. The molecule has 3 heteroatoms. The van der Waals surface area contributed by atoms with Crippen molar-refractivity contribution in [2.45, 2.75) is 13.8 Å². The summed E-state index contributed by atoms with van der Waals surface area (Å²) >= 11 is 0.